The van der Waals surface area contributed by atoms with E-state index in [1.54, 1.807) is 0 Å². The number of esters is 2. The summed E-state index contributed by atoms with van der Waals surface area (Å²) < 4.78 is 10.0. The fourth-order valence-electron chi connectivity index (χ4n) is 2.74. The molecule has 0 aliphatic heterocycles. The zero-order valence-electron chi connectivity index (χ0n) is 19.1. The van der Waals surface area contributed by atoms with Gasteiger partial charge in [-0.2, -0.15) is 0 Å². The van der Waals surface area contributed by atoms with Crippen LogP contribution in [-0.4, -0.2) is 36.4 Å². The van der Waals surface area contributed by atoms with Crippen LogP contribution in [-0.2, 0) is 19.1 Å². The molecule has 0 aromatic carbocycles. The van der Waals surface area contributed by atoms with Crippen LogP contribution in [0.25, 0.3) is 0 Å². The van der Waals surface area contributed by atoms with Crippen LogP contribution in [0.1, 0.15) is 90.9 Å². The summed E-state index contributed by atoms with van der Waals surface area (Å²) in [6.45, 7) is 6.70. The number of aliphatic hydroxyl groups is 1. The van der Waals surface area contributed by atoms with Gasteiger partial charge in [-0.3, -0.25) is 4.79 Å². The van der Waals surface area contributed by atoms with Crippen LogP contribution in [0.3, 0.4) is 0 Å². The predicted molar refractivity (Wildman–Crippen MR) is 122 cm³/mol. The van der Waals surface area contributed by atoms with E-state index in [-0.39, 0.29) is 24.8 Å². The summed E-state index contributed by atoms with van der Waals surface area (Å²) in [6.07, 6.45) is 20.9. The Bertz CT molecular complexity index is 522. The molecule has 0 rings (SSSR count). The third kappa shape index (κ3) is 18.2. The van der Waals surface area contributed by atoms with Crippen LogP contribution < -0.4 is 0 Å². The van der Waals surface area contributed by atoms with Crippen LogP contribution >= 0.6 is 0 Å². The second kappa shape index (κ2) is 20.4. The van der Waals surface area contributed by atoms with E-state index in [1.165, 1.54) is 45.4 Å². The highest BCUT2D eigenvalue weighted by Crippen LogP contribution is 2.08. The summed E-state index contributed by atoms with van der Waals surface area (Å²) >= 11 is 0. The topological polar surface area (TPSA) is 72.8 Å². The number of carbonyl (C=O) groups excluding carboxylic acids is 2. The van der Waals surface area contributed by atoms with Gasteiger partial charge in [-0.15, -0.1) is 0 Å². The minimum atomic E-state index is -0.826. The molecule has 0 saturated heterocycles. The molecule has 30 heavy (non-hydrogen) atoms. The van der Waals surface area contributed by atoms with Crippen molar-refractivity contribution in [1.29, 1.82) is 0 Å². The van der Waals surface area contributed by atoms with Gasteiger partial charge >= 0.3 is 11.9 Å². The number of aliphatic hydroxyl groups excluding tert-OH is 1. The number of hydrogen-bond acceptors (Lipinski definition) is 5. The molecule has 0 heterocycles. The van der Waals surface area contributed by atoms with E-state index < -0.39 is 12.1 Å². The molecule has 1 N–H and O–H groups in total. The van der Waals surface area contributed by atoms with E-state index >= 15 is 0 Å². The molecular weight excluding hydrogens is 380 g/mol. The van der Waals surface area contributed by atoms with Crippen LogP contribution in [0.4, 0.5) is 0 Å². The molecule has 0 bridgehead atoms. The Morgan fingerprint density at radius 1 is 0.933 bits per heavy atom. The molecule has 0 aromatic rings. The molecule has 0 radical (unpaired) electrons. The summed E-state index contributed by atoms with van der Waals surface area (Å²) in [4.78, 5) is 23.1. The van der Waals surface area contributed by atoms with Crippen molar-refractivity contribution in [3.8, 4) is 0 Å². The summed E-state index contributed by atoms with van der Waals surface area (Å²) in [7, 11) is 0. The Kier molecular flexibility index (Phi) is 19.1. The maximum atomic E-state index is 11.8. The maximum absolute atomic E-state index is 11.8. The molecule has 0 aliphatic rings. The highest BCUT2D eigenvalue weighted by atomic mass is 16.6. The second-order valence-corrected chi connectivity index (χ2v) is 7.65. The normalized spacial score (nSPS) is 12.4. The molecule has 0 saturated carbocycles. The molecule has 0 aliphatic carbocycles. The lowest BCUT2D eigenvalue weighted by Gasteiger charge is -2.15. The molecule has 0 spiro atoms. The van der Waals surface area contributed by atoms with Gasteiger partial charge in [0.15, 0.2) is 6.10 Å². The van der Waals surface area contributed by atoms with Gasteiger partial charge in [-0.1, -0.05) is 69.9 Å². The van der Waals surface area contributed by atoms with Gasteiger partial charge in [0, 0.05) is 12.0 Å². The minimum Gasteiger partial charge on any atom is -0.458 e. The first kappa shape index (κ1) is 28.1. The molecule has 172 valence electrons. The summed E-state index contributed by atoms with van der Waals surface area (Å²) in [5, 5.41) is 9.23. The quantitative estimate of drug-likeness (QED) is 0.123. The van der Waals surface area contributed by atoms with Gasteiger partial charge in [0.1, 0.15) is 6.61 Å². The Labute approximate surface area is 183 Å². The Morgan fingerprint density at radius 3 is 2.10 bits per heavy atom. The van der Waals surface area contributed by atoms with Crippen molar-refractivity contribution in [2.45, 2.75) is 97.0 Å². The van der Waals surface area contributed by atoms with Gasteiger partial charge in [-0.05, 0) is 45.4 Å². The summed E-state index contributed by atoms with van der Waals surface area (Å²) in [6, 6.07) is 0. The van der Waals surface area contributed by atoms with Crippen molar-refractivity contribution in [1.82, 2.24) is 0 Å². The Balaban J connectivity index is 3.63. The number of rotatable bonds is 19. The molecule has 5 nitrogen and oxygen atoms in total. The van der Waals surface area contributed by atoms with E-state index in [0.29, 0.717) is 6.42 Å². The predicted octanol–water partition coefficient (Wildman–Crippen LogP) is 5.82. The molecule has 1 unspecified atom stereocenters. The van der Waals surface area contributed by atoms with Gasteiger partial charge in [0.05, 0.1) is 6.61 Å². The molecule has 0 amide bonds. The van der Waals surface area contributed by atoms with Crippen LogP contribution in [0.5, 0.6) is 0 Å². The van der Waals surface area contributed by atoms with Crippen molar-refractivity contribution in [2.24, 2.45) is 0 Å². The van der Waals surface area contributed by atoms with Crippen LogP contribution in [0, 0.1) is 0 Å². The van der Waals surface area contributed by atoms with Gasteiger partial charge in [-0.25, -0.2) is 4.79 Å². The van der Waals surface area contributed by atoms with Crippen molar-refractivity contribution >= 4 is 11.9 Å². The van der Waals surface area contributed by atoms with E-state index in [1.807, 2.05) is 0 Å². The van der Waals surface area contributed by atoms with E-state index in [9.17, 15) is 14.7 Å². The van der Waals surface area contributed by atoms with Gasteiger partial charge in [0.25, 0.3) is 0 Å². The molecular formula is C25H42O5. The monoisotopic (exact) mass is 422 g/mol. The van der Waals surface area contributed by atoms with E-state index in [4.69, 9.17) is 9.47 Å². The van der Waals surface area contributed by atoms with Gasteiger partial charge < -0.3 is 14.6 Å². The molecule has 1 atom stereocenters. The first-order valence-electron chi connectivity index (χ1n) is 11.4. The third-order valence-corrected chi connectivity index (χ3v) is 4.58. The summed E-state index contributed by atoms with van der Waals surface area (Å²) in [5.74, 6) is -0.939. The fourth-order valence-corrected chi connectivity index (χ4v) is 2.74. The highest BCUT2D eigenvalue weighted by molar-refractivity contribution is 5.86. The Morgan fingerprint density at radius 2 is 1.53 bits per heavy atom. The second-order valence-electron chi connectivity index (χ2n) is 7.65. The van der Waals surface area contributed by atoms with Crippen molar-refractivity contribution in [3.63, 3.8) is 0 Å². The number of unbranched alkanes of at least 4 members (excludes halogenated alkanes) is 8. The first-order chi connectivity index (χ1) is 14.5. The lowest BCUT2D eigenvalue weighted by atomic mass is 10.1. The molecule has 0 fully saturated rings. The maximum Gasteiger partial charge on any atom is 0.333 e. The molecule has 0 aromatic heterocycles. The van der Waals surface area contributed by atoms with Crippen molar-refractivity contribution < 1.29 is 24.2 Å². The standard InChI is InChI=1S/C25H42O5/c1-4-5-6-7-8-9-10-11-12-13-14-15-16-17-18-19-24(27)30-23(20-26)21-29-25(28)22(2)3/h10-11,13-14,23,26H,2,4-9,12,15-21H2,1,3H3. The van der Waals surface area contributed by atoms with Crippen molar-refractivity contribution in [2.75, 3.05) is 13.2 Å². The van der Waals surface area contributed by atoms with E-state index in [2.05, 4.69) is 37.8 Å². The zero-order chi connectivity index (χ0) is 22.5. The van der Waals surface area contributed by atoms with Gasteiger partial charge in [0.2, 0.25) is 0 Å². The largest absolute Gasteiger partial charge is 0.458 e. The van der Waals surface area contributed by atoms with Crippen LogP contribution in [0.2, 0.25) is 0 Å². The number of hydrogen-bond donors (Lipinski definition) is 1. The first-order valence-corrected chi connectivity index (χ1v) is 11.4. The number of carbonyl (C=O) groups is 2. The summed E-state index contributed by atoms with van der Waals surface area (Å²) in [5.41, 5.74) is 0.265. The highest BCUT2D eigenvalue weighted by Gasteiger charge is 2.16. The van der Waals surface area contributed by atoms with E-state index in [0.717, 1.165) is 32.1 Å². The van der Waals surface area contributed by atoms with Crippen LogP contribution in [0.15, 0.2) is 36.5 Å². The SMILES string of the molecule is C=C(C)C(=O)OCC(CO)OC(=O)CCCCCC=CCC=CCCCCCCC. The Hall–Kier alpha value is -1.88. The fraction of sp³-hybridized carbons (Fsp3) is 0.680. The minimum absolute atomic E-state index is 0.161. The average molecular weight is 423 g/mol. The number of ether oxygens (including phenoxy) is 2. The lowest BCUT2D eigenvalue weighted by Crippen LogP contribution is -2.28. The van der Waals surface area contributed by atoms with Crippen molar-refractivity contribution in [3.05, 3.63) is 36.5 Å². The molecule has 5 heteroatoms. The lowest BCUT2D eigenvalue weighted by molar-refractivity contribution is -0.159. The smallest absolute Gasteiger partial charge is 0.333 e. The zero-order valence-corrected chi connectivity index (χ0v) is 19.1. The third-order valence-electron chi connectivity index (χ3n) is 4.58. The number of allylic oxidation sites excluding steroid dienone is 4. The average Bonchev–Trinajstić information content (AvgIpc) is 2.73.